The van der Waals surface area contributed by atoms with Crippen molar-refractivity contribution >= 4 is 40.6 Å². The number of benzene rings is 1. The van der Waals surface area contributed by atoms with Crippen molar-refractivity contribution in [3.63, 3.8) is 0 Å². The Bertz CT molecular complexity index is 994. The van der Waals surface area contributed by atoms with E-state index in [0.717, 1.165) is 23.8 Å². The quantitative estimate of drug-likeness (QED) is 0.568. The van der Waals surface area contributed by atoms with Gasteiger partial charge in [-0.15, -0.1) is 0 Å². The van der Waals surface area contributed by atoms with Gasteiger partial charge in [-0.05, 0) is 52.7 Å². The van der Waals surface area contributed by atoms with E-state index in [1.807, 2.05) is 5.38 Å². The predicted molar refractivity (Wildman–Crippen MR) is 100 cm³/mol. The molecule has 3 rings (SSSR count). The van der Waals surface area contributed by atoms with E-state index in [2.05, 4.69) is 10.6 Å². The van der Waals surface area contributed by atoms with Gasteiger partial charge in [0.15, 0.2) is 0 Å². The third-order valence-corrected chi connectivity index (χ3v) is 4.30. The van der Waals surface area contributed by atoms with Gasteiger partial charge < -0.3 is 15.1 Å². The Morgan fingerprint density at radius 2 is 1.93 bits per heavy atom. The van der Waals surface area contributed by atoms with Crippen LogP contribution in [0.15, 0.2) is 64.1 Å². The molecule has 2 heterocycles. The highest BCUT2D eigenvalue weighted by Gasteiger charge is 2.34. The molecule has 5 nitrogen and oxygen atoms in total. The molecule has 0 aliphatic carbocycles. The lowest BCUT2D eigenvalue weighted by Gasteiger charge is -2.15. The Balaban J connectivity index is 1.79. The van der Waals surface area contributed by atoms with Crippen molar-refractivity contribution in [3.05, 3.63) is 76.4 Å². The zero-order chi connectivity index (χ0) is 20.1. The van der Waals surface area contributed by atoms with Crippen LogP contribution in [-0.4, -0.2) is 11.8 Å². The number of halogens is 3. The van der Waals surface area contributed by atoms with Crippen LogP contribution in [0.5, 0.6) is 0 Å². The highest BCUT2D eigenvalue weighted by molar-refractivity contribution is 7.08. The molecule has 28 heavy (non-hydrogen) atoms. The molecule has 1 aromatic carbocycles. The van der Waals surface area contributed by atoms with Crippen molar-refractivity contribution in [3.8, 4) is 0 Å². The first kappa shape index (κ1) is 19.4. The largest absolute Gasteiger partial charge is 0.472 e. The van der Waals surface area contributed by atoms with Crippen LogP contribution in [0.3, 0.4) is 0 Å². The Kier molecular flexibility index (Phi) is 5.65. The maximum absolute atomic E-state index is 13.4. The van der Waals surface area contributed by atoms with E-state index in [9.17, 15) is 22.8 Å². The third kappa shape index (κ3) is 4.89. The minimum atomic E-state index is -4.73. The molecule has 2 amide bonds. The fraction of sp³-hybridized carbons (Fsp3) is 0.0526. The zero-order valence-electron chi connectivity index (χ0n) is 14.1. The summed E-state index contributed by atoms with van der Waals surface area (Å²) < 4.78 is 45.0. The number of amides is 2. The molecule has 0 saturated carbocycles. The number of hydrogen-bond donors (Lipinski definition) is 2. The smallest absolute Gasteiger partial charge is 0.418 e. The first-order chi connectivity index (χ1) is 13.3. The predicted octanol–water partition coefficient (Wildman–Crippen LogP) is 5.26. The van der Waals surface area contributed by atoms with Gasteiger partial charge in [0, 0.05) is 11.8 Å². The molecule has 0 bridgehead atoms. The SMILES string of the molecule is O=C(/C=C/c1ccsc1)Nc1ccc(NC(=O)c2ccoc2)cc1C(F)(F)F. The molecule has 0 unspecified atom stereocenters. The molecule has 2 aromatic heterocycles. The fourth-order valence-corrected chi connectivity index (χ4v) is 2.91. The van der Waals surface area contributed by atoms with Gasteiger partial charge in [0.2, 0.25) is 5.91 Å². The van der Waals surface area contributed by atoms with E-state index in [4.69, 9.17) is 4.42 Å². The number of hydrogen-bond acceptors (Lipinski definition) is 4. The normalized spacial score (nSPS) is 11.5. The fourth-order valence-electron chi connectivity index (χ4n) is 2.28. The van der Waals surface area contributed by atoms with Crippen molar-refractivity contribution in [2.75, 3.05) is 10.6 Å². The van der Waals surface area contributed by atoms with Crippen molar-refractivity contribution < 1.29 is 27.2 Å². The summed E-state index contributed by atoms with van der Waals surface area (Å²) in [5, 5.41) is 8.18. The van der Waals surface area contributed by atoms with Crippen LogP contribution < -0.4 is 10.6 Å². The monoisotopic (exact) mass is 406 g/mol. The average molecular weight is 406 g/mol. The summed E-state index contributed by atoms with van der Waals surface area (Å²) >= 11 is 1.43. The lowest BCUT2D eigenvalue weighted by atomic mass is 10.1. The summed E-state index contributed by atoms with van der Waals surface area (Å²) in [4.78, 5) is 23.9. The van der Waals surface area contributed by atoms with Crippen molar-refractivity contribution in [1.29, 1.82) is 0 Å². The van der Waals surface area contributed by atoms with Gasteiger partial charge >= 0.3 is 6.18 Å². The minimum Gasteiger partial charge on any atom is -0.472 e. The summed E-state index contributed by atoms with van der Waals surface area (Å²) in [7, 11) is 0. The lowest BCUT2D eigenvalue weighted by molar-refractivity contribution is -0.136. The molecule has 0 fully saturated rings. The lowest BCUT2D eigenvalue weighted by Crippen LogP contribution is -2.16. The van der Waals surface area contributed by atoms with Crippen LogP contribution in [0.2, 0.25) is 0 Å². The first-order valence-corrected chi connectivity index (χ1v) is 8.83. The van der Waals surface area contributed by atoms with E-state index < -0.39 is 29.2 Å². The van der Waals surface area contributed by atoms with Crippen molar-refractivity contribution in [1.82, 2.24) is 0 Å². The molecule has 0 spiro atoms. The van der Waals surface area contributed by atoms with Gasteiger partial charge in [-0.3, -0.25) is 9.59 Å². The summed E-state index contributed by atoms with van der Waals surface area (Å²) in [5.41, 5.74) is -0.605. The molecule has 3 aromatic rings. The van der Waals surface area contributed by atoms with E-state index in [0.29, 0.717) is 0 Å². The third-order valence-electron chi connectivity index (χ3n) is 3.59. The number of alkyl halides is 3. The van der Waals surface area contributed by atoms with E-state index in [-0.39, 0.29) is 11.3 Å². The Labute approximate surface area is 161 Å². The molecule has 0 saturated heterocycles. The van der Waals surface area contributed by atoms with Crippen LogP contribution in [0.4, 0.5) is 24.5 Å². The van der Waals surface area contributed by atoms with Crippen LogP contribution in [-0.2, 0) is 11.0 Å². The highest BCUT2D eigenvalue weighted by Crippen LogP contribution is 2.36. The number of carbonyl (C=O) groups excluding carboxylic acids is 2. The van der Waals surface area contributed by atoms with Gasteiger partial charge in [-0.2, -0.15) is 24.5 Å². The number of anilines is 2. The molecule has 9 heteroatoms. The Hall–Kier alpha value is -3.33. The molecule has 144 valence electrons. The number of nitrogens with one attached hydrogen (secondary N) is 2. The molecule has 0 aliphatic rings. The number of carbonyl (C=O) groups is 2. The van der Waals surface area contributed by atoms with Gasteiger partial charge in [0.05, 0.1) is 23.1 Å². The molecule has 0 atom stereocenters. The van der Waals surface area contributed by atoms with E-state index in [1.54, 1.807) is 11.4 Å². The zero-order valence-corrected chi connectivity index (χ0v) is 14.9. The van der Waals surface area contributed by atoms with Gasteiger partial charge in [0.1, 0.15) is 6.26 Å². The number of thiophene rings is 1. The minimum absolute atomic E-state index is 0.0645. The van der Waals surface area contributed by atoms with Crippen LogP contribution in [0, 0.1) is 0 Å². The summed E-state index contributed by atoms with van der Waals surface area (Å²) in [5.74, 6) is -1.32. The maximum Gasteiger partial charge on any atom is 0.418 e. The number of rotatable bonds is 5. The van der Waals surface area contributed by atoms with Crippen LogP contribution >= 0.6 is 11.3 Å². The van der Waals surface area contributed by atoms with Crippen molar-refractivity contribution in [2.45, 2.75) is 6.18 Å². The maximum atomic E-state index is 13.4. The Morgan fingerprint density at radius 3 is 2.57 bits per heavy atom. The van der Waals surface area contributed by atoms with Gasteiger partial charge in [-0.1, -0.05) is 0 Å². The van der Waals surface area contributed by atoms with Crippen LogP contribution in [0.1, 0.15) is 21.5 Å². The van der Waals surface area contributed by atoms with Crippen molar-refractivity contribution in [2.24, 2.45) is 0 Å². The summed E-state index contributed by atoms with van der Waals surface area (Å²) in [6.45, 7) is 0. The molecule has 0 aliphatic heterocycles. The molecular weight excluding hydrogens is 393 g/mol. The Morgan fingerprint density at radius 1 is 1.11 bits per heavy atom. The molecule has 0 radical (unpaired) electrons. The number of furan rings is 1. The second-order valence-electron chi connectivity index (χ2n) is 5.60. The second kappa shape index (κ2) is 8.13. The topological polar surface area (TPSA) is 71.3 Å². The van der Waals surface area contributed by atoms with Gasteiger partial charge in [0.25, 0.3) is 5.91 Å². The van der Waals surface area contributed by atoms with E-state index >= 15 is 0 Å². The molecule has 2 N–H and O–H groups in total. The first-order valence-electron chi connectivity index (χ1n) is 7.89. The van der Waals surface area contributed by atoms with Gasteiger partial charge in [-0.25, -0.2) is 0 Å². The average Bonchev–Trinajstić information content (AvgIpc) is 3.34. The second-order valence-corrected chi connectivity index (χ2v) is 6.38. The van der Waals surface area contributed by atoms with Crippen LogP contribution in [0.25, 0.3) is 6.08 Å². The summed E-state index contributed by atoms with van der Waals surface area (Å²) in [6, 6.07) is 6.27. The highest BCUT2D eigenvalue weighted by atomic mass is 32.1. The van der Waals surface area contributed by atoms with E-state index in [1.165, 1.54) is 42.1 Å². The standard InChI is InChI=1S/C19H13F3N2O3S/c20-19(21,22)15-9-14(23-18(26)13-5-7-27-10-13)2-3-16(15)24-17(25)4-1-12-6-8-28-11-12/h1-11H,(H,23,26)(H,24,25)/b4-1+. The molecular formula is C19H13F3N2O3S. The summed E-state index contributed by atoms with van der Waals surface area (Å²) in [6.07, 6.45) is 0.373.